The maximum atomic E-state index is 10.9. The molecular weight excluding hydrogens is 222 g/mol. The number of nitrogens with one attached hydrogen (secondary N) is 1. The lowest BCUT2D eigenvalue weighted by Gasteiger charge is -2.23. The van der Waals surface area contributed by atoms with Crippen molar-refractivity contribution >= 4 is 11.5 Å². The highest BCUT2D eigenvalue weighted by Crippen LogP contribution is 2.25. The highest BCUT2D eigenvalue weighted by Gasteiger charge is 2.22. The molecule has 17 heavy (non-hydrogen) atoms. The Morgan fingerprint density at radius 3 is 2.76 bits per heavy atom. The number of pyridine rings is 1. The van der Waals surface area contributed by atoms with E-state index in [-0.39, 0.29) is 11.5 Å². The lowest BCUT2D eigenvalue weighted by molar-refractivity contribution is -0.384. The van der Waals surface area contributed by atoms with E-state index in [2.05, 4.69) is 10.3 Å². The van der Waals surface area contributed by atoms with Crippen LogP contribution in [0.25, 0.3) is 0 Å². The Bertz CT molecular complexity index is 418. The molecule has 0 aliphatic heterocycles. The van der Waals surface area contributed by atoms with Gasteiger partial charge in [0.05, 0.1) is 10.5 Å². The van der Waals surface area contributed by atoms with Gasteiger partial charge in [0.25, 0.3) is 0 Å². The van der Waals surface area contributed by atoms with E-state index in [9.17, 15) is 10.1 Å². The maximum Gasteiger partial charge on any atom is 0.314 e. The number of aromatic nitrogens is 1. The van der Waals surface area contributed by atoms with Crippen LogP contribution < -0.4 is 5.32 Å². The molecule has 0 radical (unpaired) electrons. The number of nitro groups is 1. The van der Waals surface area contributed by atoms with Crippen molar-refractivity contribution < 1.29 is 9.66 Å². The maximum absolute atomic E-state index is 10.9. The van der Waals surface area contributed by atoms with E-state index in [1.807, 2.05) is 13.8 Å². The van der Waals surface area contributed by atoms with Crippen LogP contribution in [-0.4, -0.2) is 29.2 Å². The predicted octanol–water partition coefficient (Wildman–Crippen LogP) is 2.14. The molecule has 1 aromatic rings. The van der Waals surface area contributed by atoms with Gasteiger partial charge in [0.15, 0.2) is 0 Å². The summed E-state index contributed by atoms with van der Waals surface area (Å²) >= 11 is 0. The molecule has 0 fully saturated rings. The first-order chi connectivity index (χ1) is 7.87. The van der Waals surface area contributed by atoms with Gasteiger partial charge in [0.2, 0.25) is 5.82 Å². The number of rotatable bonds is 5. The smallest absolute Gasteiger partial charge is 0.314 e. The van der Waals surface area contributed by atoms with Crippen molar-refractivity contribution in [2.45, 2.75) is 26.4 Å². The van der Waals surface area contributed by atoms with Gasteiger partial charge >= 0.3 is 5.69 Å². The largest absolute Gasteiger partial charge is 0.377 e. The molecule has 0 saturated carbocycles. The molecule has 1 N–H and O–H groups in total. The SMILES string of the molecule is COC(C)(C)CNc1nccc(C)c1[N+](=O)[O-]. The Hall–Kier alpha value is -1.69. The summed E-state index contributed by atoms with van der Waals surface area (Å²) in [6, 6.07) is 1.62. The third kappa shape index (κ3) is 3.39. The zero-order valence-electron chi connectivity index (χ0n) is 10.5. The van der Waals surface area contributed by atoms with Crippen molar-refractivity contribution in [1.82, 2.24) is 4.98 Å². The van der Waals surface area contributed by atoms with Crippen molar-refractivity contribution in [3.63, 3.8) is 0 Å². The van der Waals surface area contributed by atoms with Crippen LogP contribution in [0, 0.1) is 17.0 Å². The molecule has 0 amide bonds. The average molecular weight is 239 g/mol. The number of hydrogen-bond acceptors (Lipinski definition) is 5. The van der Waals surface area contributed by atoms with Crippen molar-refractivity contribution in [3.05, 3.63) is 27.9 Å². The van der Waals surface area contributed by atoms with Crippen LogP contribution >= 0.6 is 0 Å². The van der Waals surface area contributed by atoms with Gasteiger partial charge in [-0.05, 0) is 26.8 Å². The fourth-order valence-electron chi connectivity index (χ4n) is 1.28. The van der Waals surface area contributed by atoms with Crippen molar-refractivity contribution in [2.75, 3.05) is 19.0 Å². The second kappa shape index (κ2) is 5.09. The molecule has 1 heterocycles. The van der Waals surface area contributed by atoms with Gasteiger partial charge in [-0.1, -0.05) is 0 Å². The topological polar surface area (TPSA) is 77.3 Å². The van der Waals surface area contributed by atoms with Crippen molar-refractivity contribution in [3.8, 4) is 0 Å². The molecule has 0 aromatic carbocycles. The number of methoxy groups -OCH3 is 1. The third-order valence-corrected chi connectivity index (χ3v) is 2.54. The van der Waals surface area contributed by atoms with Crippen molar-refractivity contribution in [2.24, 2.45) is 0 Å². The Morgan fingerprint density at radius 1 is 1.59 bits per heavy atom. The molecule has 1 aromatic heterocycles. The molecule has 0 spiro atoms. The van der Waals surface area contributed by atoms with Crippen molar-refractivity contribution in [1.29, 1.82) is 0 Å². The minimum absolute atomic E-state index is 0.0133. The molecule has 94 valence electrons. The van der Waals surface area contributed by atoms with Crippen LogP contribution in [-0.2, 0) is 4.74 Å². The summed E-state index contributed by atoms with van der Waals surface area (Å²) < 4.78 is 5.23. The summed E-state index contributed by atoms with van der Waals surface area (Å²) in [4.78, 5) is 14.5. The van der Waals surface area contributed by atoms with Gasteiger partial charge in [-0.3, -0.25) is 10.1 Å². The van der Waals surface area contributed by atoms with Gasteiger partial charge < -0.3 is 10.1 Å². The van der Waals surface area contributed by atoms with Crippen LogP contribution in [0.5, 0.6) is 0 Å². The van der Waals surface area contributed by atoms with E-state index < -0.39 is 10.5 Å². The van der Waals surface area contributed by atoms with E-state index in [0.717, 1.165) is 0 Å². The average Bonchev–Trinajstić information content (AvgIpc) is 2.26. The lowest BCUT2D eigenvalue weighted by atomic mass is 10.1. The Balaban J connectivity index is 2.92. The molecule has 0 aliphatic carbocycles. The first-order valence-electron chi connectivity index (χ1n) is 5.26. The second-order valence-electron chi connectivity index (χ2n) is 4.40. The first-order valence-corrected chi connectivity index (χ1v) is 5.26. The minimum Gasteiger partial charge on any atom is -0.377 e. The molecule has 0 saturated heterocycles. The number of ether oxygens (including phenoxy) is 1. The summed E-state index contributed by atoms with van der Waals surface area (Å²) in [7, 11) is 1.60. The van der Waals surface area contributed by atoms with E-state index >= 15 is 0 Å². The first kappa shape index (κ1) is 13.4. The minimum atomic E-state index is -0.426. The fraction of sp³-hybridized carbons (Fsp3) is 0.545. The molecule has 6 heteroatoms. The van der Waals surface area contributed by atoms with E-state index in [1.165, 1.54) is 0 Å². The molecule has 6 nitrogen and oxygen atoms in total. The number of hydrogen-bond donors (Lipinski definition) is 1. The van der Waals surface area contributed by atoms with Crippen LogP contribution in [0.2, 0.25) is 0 Å². The molecule has 0 aliphatic rings. The van der Waals surface area contributed by atoms with E-state index in [0.29, 0.717) is 12.1 Å². The molecule has 1 rings (SSSR count). The summed E-state index contributed by atoms with van der Waals surface area (Å²) in [6.07, 6.45) is 1.55. The number of nitrogens with zero attached hydrogens (tertiary/aromatic N) is 2. The Kier molecular flexibility index (Phi) is 4.01. The highest BCUT2D eigenvalue weighted by molar-refractivity contribution is 5.59. The van der Waals surface area contributed by atoms with Crippen LogP contribution in [0.3, 0.4) is 0 Å². The van der Waals surface area contributed by atoms with E-state index in [1.54, 1.807) is 26.3 Å². The monoisotopic (exact) mass is 239 g/mol. The number of aryl methyl sites for hydroxylation is 1. The predicted molar refractivity (Wildman–Crippen MR) is 65.2 cm³/mol. The normalized spacial score (nSPS) is 11.3. The van der Waals surface area contributed by atoms with Crippen LogP contribution in [0.1, 0.15) is 19.4 Å². The van der Waals surface area contributed by atoms with Crippen LogP contribution in [0.15, 0.2) is 12.3 Å². The fourth-order valence-corrected chi connectivity index (χ4v) is 1.28. The second-order valence-corrected chi connectivity index (χ2v) is 4.40. The number of anilines is 1. The van der Waals surface area contributed by atoms with Gasteiger partial charge in [0, 0.05) is 25.4 Å². The summed E-state index contributed by atoms with van der Waals surface area (Å²) in [5, 5.41) is 13.9. The summed E-state index contributed by atoms with van der Waals surface area (Å²) in [5.74, 6) is 0.278. The lowest BCUT2D eigenvalue weighted by Crippen LogP contribution is -2.32. The molecular formula is C11H17N3O3. The standard InChI is InChI=1S/C11H17N3O3/c1-8-5-6-12-10(9(8)14(15)16)13-7-11(2,3)17-4/h5-6H,7H2,1-4H3,(H,12,13). The summed E-state index contributed by atoms with van der Waals surface area (Å²) in [5.41, 5.74) is 0.196. The highest BCUT2D eigenvalue weighted by atomic mass is 16.6. The molecule has 0 bridgehead atoms. The van der Waals surface area contributed by atoms with Gasteiger partial charge in [-0.2, -0.15) is 0 Å². The van der Waals surface area contributed by atoms with Gasteiger partial charge in [-0.15, -0.1) is 0 Å². The van der Waals surface area contributed by atoms with Gasteiger partial charge in [0.1, 0.15) is 0 Å². The Morgan fingerprint density at radius 2 is 2.24 bits per heavy atom. The van der Waals surface area contributed by atoms with Gasteiger partial charge in [-0.25, -0.2) is 4.98 Å². The molecule has 0 unspecified atom stereocenters. The molecule has 0 atom stereocenters. The quantitative estimate of drug-likeness (QED) is 0.629. The van der Waals surface area contributed by atoms with E-state index in [4.69, 9.17) is 4.74 Å². The zero-order valence-corrected chi connectivity index (χ0v) is 10.5. The zero-order chi connectivity index (χ0) is 13.1. The van der Waals surface area contributed by atoms with Crippen LogP contribution in [0.4, 0.5) is 11.5 Å². The third-order valence-electron chi connectivity index (χ3n) is 2.54. The summed E-state index contributed by atoms with van der Waals surface area (Å²) in [6.45, 7) is 5.91. The Labute approximate surface area is 100 Å².